The number of ether oxygens (including phenoxy) is 2. The van der Waals surface area contributed by atoms with E-state index in [0.29, 0.717) is 12.3 Å². The summed E-state index contributed by atoms with van der Waals surface area (Å²) in [6.45, 7) is 13.6. The fourth-order valence-electron chi connectivity index (χ4n) is 2.73. The molecule has 27 heavy (non-hydrogen) atoms. The van der Waals surface area contributed by atoms with E-state index in [1.807, 2.05) is 41.5 Å². The van der Waals surface area contributed by atoms with Crippen molar-refractivity contribution in [2.24, 2.45) is 0 Å². The molecule has 2 amide bonds. The van der Waals surface area contributed by atoms with Gasteiger partial charge in [-0.1, -0.05) is 0 Å². The second-order valence-corrected chi connectivity index (χ2v) is 9.71. The minimum atomic E-state index is -0.586. The van der Waals surface area contributed by atoms with Crippen LogP contribution in [-0.4, -0.2) is 76.2 Å². The summed E-state index contributed by atoms with van der Waals surface area (Å²) in [5.41, 5.74) is -1.11. The highest BCUT2D eigenvalue weighted by molar-refractivity contribution is 7.99. The van der Waals surface area contributed by atoms with Crippen LogP contribution in [-0.2, 0) is 19.1 Å². The van der Waals surface area contributed by atoms with E-state index in [2.05, 4.69) is 0 Å². The third kappa shape index (κ3) is 7.99. The van der Waals surface area contributed by atoms with Gasteiger partial charge in [-0.25, -0.2) is 4.79 Å². The maximum atomic E-state index is 13.0. The molecular weight excluding hydrogens is 368 g/mol. The van der Waals surface area contributed by atoms with Crippen molar-refractivity contribution in [1.82, 2.24) is 9.80 Å². The molecule has 0 aliphatic carbocycles. The van der Waals surface area contributed by atoms with Crippen LogP contribution >= 0.6 is 11.8 Å². The van der Waals surface area contributed by atoms with E-state index in [-0.39, 0.29) is 31.5 Å². The largest absolute Gasteiger partial charge is 0.465 e. The number of carbonyl (C=O) groups is 3. The van der Waals surface area contributed by atoms with Gasteiger partial charge in [-0.2, -0.15) is 11.8 Å². The molecule has 1 aliphatic rings. The van der Waals surface area contributed by atoms with Crippen molar-refractivity contribution in [3.8, 4) is 0 Å². The number of thioether (sulfide) groups is 1. The lowest BCUT2D eigenvalue weighted by Crippen LogP contribution is -2.53. The molecule has 0 bridgehead atoms. The van der Waals surface area contributed by atoms with Crippen molar-refractivity contribution in [3.05, 3.63) is 0 Å². The Morgan fingerprint density at radius 2 is 1.78 bits per heavy atom. The predicted octanol–water partition coefficient (Wildman–Crippen LogP) is 2.92. The Labute approximate surface area is 167 Å². The lowest BCUT2D eigenvalue weighted by atomic mass is 10.0. The summed E-state index contributed by atoms with van der Waals surface area (Å²) < 4.78 is 10.5. The fourth-order valence-corrected chi connectivity index (χ4v) is 3.79. The molecule has 8 heteroatoms. The third-order valence-corrected chi connectivity index (χ3v) is 5.06. The monoisotopic (exact) mass is 402 g/mol. The molecule has 7 nitrogen and oxygen atoms in total. The molecule has 1 saturated heterocycles. The van der Waals surface area contributed by atoms with Crippen molar-refractivity contribution in [1.29, 1.82) is 0 Å². The number of esters is 1. The highest BCUT2D eigenvalue weighted by Crippen LogP contribution is 2.24. The van der Waals surface area contributed by atoms with Crippen molar-refractivity contribution in [3.63, 3.8) is 0 Å². The maximum Gasteiger partial charge on any atom is 0.410 e. The van der Waals surface area contributed by atoms with Gasteiger partial charge in [0.2, 0.25) is 5.91 Å². The Morgan fingerprint density at radius 1 is 1.15 bits per heavy atom. The zero-order chi connectivity index (χ0) is 20.8. The van der Waals surface area contributed by atoms with Crippen LogP contribution in [0.1, 0.15) is 54.9 Å². The number of nitrogens with zero attached hydrogens (tertiary/aromatic N) is 2. The molecule has 1 fully saturated rings. The fraction of sp³-hybridized carbons (Fsp3) is 0.842. The molecule has 1 atom stereocenters. The summed E-state index contributed by atoms with van der Waals surface area (Å²) in [7, 11) is 0. The van der Waals surface area contributed by atoms with E-state index >= 15 is 0 Å². The quantitative estimate of drug-likeness (QED) is 0.658. The topological polar surface area (TPSA) is 76.2 Å². The van der Waals surface area contributed by atoms with Crippen molar-refractivity contribution in [2.45, 2.75) is 72.1 Å². The summed E-state index contributed by atoms with van der Waals surface area (Å²) >= 11 is 1.71. The van der Waals surface area contributed by atoms with Crippen molar-refractivity contribution < 1.29 is 23.9 Å². The summed E-state index contributed by atoms with van der Waals surface area (Å²) in [6.07, 6.45) is -0.239. The van der Waals surface area contributed by atoms with E-state index in [0.717, 1.165) is 5.75 Å². The highest BCUT2D eigenvalue weighted by Gasteiger charge is 2.36. The molecule has 0 aromatic carbocycles. The average Bonchev–Trinajstić information content (AvgIpc) is 2.50. The SMILES string of the molecule is CCOC(=O)CN(C(=O)CC1CSCCN1C(=O)OC(C)(C)C)C(C)(C)C. The van der Waals surface area contributed by atoms with E-state index in [9.17, 15) is 14.4 Å². The second kappa shape index (κ2) is 9.66. The smallest absolute Gasteiger partial charge is 0.410 e. The Morgan fingerprint density at radius 3 is 2.30 bits per heavy atom. The Hall–Kier alpha value is -1.44. The van der Waals surface area contributed by atoms with Crippen LogP contribution in [0.2, 0.25) is 0 Å². The van der Waals surface area contributed by atoms with Gasteiger partial charge in [-0.15, -0.1) is 0 Å². The first kappa shape index (κ1) is 23.6. The second-order valence-electron chi connectivity index (χ2n) is 8.56. The number of hydrogen-bond donors (Lipinski definition) is 0. The molecule has 0 N–H and O–H groups in total. The van der Waals surface area contributed by atoms with E-state index in [4.69, 9.17) is 9.47 Å². The minimum absolute atomic E-state index is 0.0948. The van der Waals surface area contributed by atoms with Gasteiger partial charge in [0.05, 0.1) is 12.6 Å². The number of carbonyl (C=O) groups excluding carboxylic acids is 3. The molecule has 0 radical (unpaired) electrons. The lowest BCUT2D eigenvalue weighted by molar-refractivity contribution is -0.152. The van der Waals surface area contributed by atoms with Gasteiger partial charge >= 0.3 is 12.1 Å². The lowest BCUT2D eigenvalue weighted by Gasteiger charge is -2.39. The predicted molar refractivity (Wildman–Crippen MR) is 107 cm³/mol. The zero-order valence-electron chi connectivity index (χ0n) is 17.7. The molecule has 0 aromatic heterocycles. The van der Waals surface area contributed by atoms with Crippen LogP contribution < -0.4 is 0 Å². The molecule has 1 unspecified atom stereocenters. The van der Waals surface area contributed by atoms with E-state index in [1.54, 1.807) is 23.6 Å². The van der Waals surface area contributed by atoms with E-state index < -0.39 is 23.2 Å². The van der Waals surface area contributed by atoms with Gasteiger partial charge in [0.1, 0.15) is 12.1 Å². The molecule has 1 aliphatic heterocycles. The summed E-state index contributed by atoms with van der Waals surface area (Å²) in [4.78, 5) is 40.6. The number of rotatable bonds is 5. The third-order valence-electron chi connectivity index (χ3n) is 3.97. The van der Waals surface area contributed by atoms with Crippen LogP contribution in [0.5, 0.6) is 0 Å². The van der Waals surface area contributed by atoms with E-state index in [1.165, 1.54) is 4.90 Å². The molecule has 0 spiro atoms. The summed E-state index contributed by atoms with van der Waals surface area (Å²) in [5, 5.41) is 0. The average molecular weight is 403 g/mol. The Kier molecular flexibility index (Phi) is 8.45. The summed E-state index contributed by atoms with van der Waals surface area (Å²) in [6, 6.07) is -0.252. The first-order valence-corrected chi connectivity index (χ1v) is 10.5. The van der Waals surface area contributed by atoms with Crippen LogP contribution in [0, 0.1) is 0 Å². The maximum absolute atomic E-state index is 13.0. The van der Waals surface area contributed by atoms with Crippen LogP contribution in [0.15, 0.2) is 0 Å². The number of amides is 2. The van der Waals surface area contributed by atoms with Gasteiger partial charge in [0.25, 0.3) is 0 Å². The van der Waals surface area contributed by atoms with Crippen LogP contribution in [0.3, 0.4) is 0 Å². The molecule has 1 heterocycles. The molecule has 156 valence electrons. The molecule has 0 aromatic rings. The van der Waals surface area contributed by atoms with Crippen LogP contribution in [0.4, 0.5) is 4.79 Å². The normalized spacial score (nSPS) is 18.0. The highest BCUT2D eigenvalue weighted by atomic mass is 32.2. The van der Waals surface area contributed by atoms with Gasteiger partial charge in [-0.05, 0) is 48.5 Å². The van der Waals surface area contributed by atoms with Crippen LogP contribution in [0.25, 0.3) is 0 Å². The van der Waals surface area contributed by atoms with Gasteiger partial charge in [0.15, 0.2) is 0 Å². The molecule has 0 saturated carbocycles. The number of hydrogen-bond acceptors (Lipinski definition) is 6. The first-order chi connectivity index (χ1) is 12.3. The van der Waals surface area contributed by atoms with Crippen molar-refractivity contribution in [2.75, 3.05) is 31.2 Å². The molecule has 1 rings (SSSR count). The van der Waals surface area contributed by atoms with Gasteiger partial charge in [-0.3, -0.25) is 9.59 Å². The van der Waals surface area contributed by atoms with Crippen molar-refractivity contribution >= 4 is 29.7 Å². The van der Waals surface area contributed by atoms with Gasteiger partial charge < -0.3 is 19.3 Å². The zero-order valence-corrected chi connectivity index (χ0v) is 18.5. The Bertz CT molecular complexity index is 539. The first-order valence-electron chi connectivity index (χ1n) is 9.38. The summed E-state index contributed by atoms with van der Waals surface area (Å²) in [5.74, 6) is 0.886. The standard InChI is InChI=1S/C19H34N2O5S/c1-8-25-16(23)12-21(18(2,3)4)15(22)11-14-13-27-10-9-20(14)17(24)26-19(5,6)7/h14H,8-13H2,1-7H3. The van der Waals surface area contributed by atoms with Gasteiger partial charge in [0, 0.05) is 30.0 Å². The molecular formula is C19H34N2O5S. The minimum Gasteiger partial charge on any atom is -0.465 e. The Balaban J connectivity index is 2.87.